The Bertz CT molecular complexity index is 1100. The molecule has 0 spiro atoms. The number of nitrogen functional groups attached to an aromatic ring is 1. The second-order valence-electron chi connectivity index (χ2n) is 6.40. The lowest BCUT2D eigenvalue weighted by Crippen LogP contribution is -2.10. The van der Waals surface area contributed by atoms with Crippen molar-refractivity contribution >= 4 is 29.6 Å². The molecule has 9 heteroatoms. The van der Waals surface area contributed by atoms with E-state index >= 15 is 0 Å². The third kappa shape index (κ3) is 5.69. The van der Waals surface area contributed by atoms with Crippen molar-refractivity contribution in [1.29, 1.82) is 0 Å². The topological polar surface area (TPSA) is 121 Å². The lowest BCUT2D eigenvalue weighted by atomic mass is 10.1. The standard InChI is InChI=1S/C22H23N5O4/c1-14-7-4-5-9-16(14)24-22-26-18(25-21(23)27-22)13-31-19(28)12-11-15-8-6-10-17(29-2)20(15)30-3/h4-12H,13H2,1-3H3,(H3,23,24,25,26,27)/b12-11+. The predicted molar refractivity (Wildman–Crippen MR) is 117 cm³/mol. The van der Waals surface area contributed by atoms with E-state index in [-0.39, 0.29) is 24.3 Å². The van der Waals surface area contributed by atoms with Crippen LogP contribution in [0.4, 0.5) is 17.6 Å². The Morgan fingerprint density at radius 1 is 1.06 bits per heavy atom. The van der Waals surface area contributed by atoms with Crippen LogP contribution in [0.3, 0.4) is 0 Å². The Hall–Kier alpha value is -4.14. The highest BCUT2D eigenvalue weighted by Crippen LogP contribution is 2.31. The highest BCUT2D eigenvalue weighted by Gasteiger charge is 2.10. The molecule has 0 amide bonds. The van der Waals surface area contributed by atoms with Crippen LogP contribution in [0.15, 0.2) is 48.5 Å². The fourth-order valence-corrected chi connectivity index (χ4v) is 2.78. The number of hydrogen-bond acceptors (Lipinski definition) is 9. The van der Waals surface area contributed by atoms with Crippen molar-refractivity contribution in [1.82, 2.24) is 15.0 Å². The molecule has 0 aliphatic heterocycles. The first-order valence-corrected chi connectivity index (χ1v) is 9.39. The Labute approximate surface area is 179 Å². The van der Waals surface area contributed by atoms with Crippen molar-refractivity contribution in [2.75, 3.05) is 25.3 Å². The number of carbonyl (C=O) groups is 1. The number of benzene rings is 2. The summed E-state index contributed by atoms with van der Waals surface area (Å²) in [6, 6.07) is 13.0. The van der Waals surface area contributed by atoms with Gasteiger partial charge in [0.1, 0.15) is 0 Å². The predicted octanol–water partition coefficient (Wildman–Crippen LogP) is 3.28. The van der Waals surface area contributed by atoms with Crippen molar-refractivity contribution < 1.29 is 19.0 Å². The van der Waals surface area contributed by atoms with Gasteiger partial charge >= 0.3 is 5.97 Å². The molecule has 2 aromatic carbocycles. The van der Waals surface area contributed by atoms with Gasteiger partial charge < -0.3 is 25.3 Å². The van der Waals surface area contributed by atoms with Gasteiger partial charge in [-0.1, -0.05) is 30.3 Å². The van der Waals surface area contributed by atoms with Crippen LogP contribution in [0, 0.1) is 6.92 Å². The van der Waals surface area contributed by atoms with Crippen molar-refractivity contribution in [3.8, 4) is 11.5 Å². The summed E-state index contributed by atoms with van der Waals surface area (Å²) in [6.45, 7) is 1.80. The number of aromatic nitrogens is 3. The van der Waals surface area contributed by atoms with Crippen LogP contribution < -0.4 is 20.5 Å². The number of methoxy groups -OCH3 is 2. The van der Waals surface area contributed by atoms with Crippen molar-refractivity contribution in [3.63, 3.8) is 0 Å². The second-order valence-corrected chi connectivity index (χ2v) is 6.40. The molecule has 0 fully saturated rings. The van der Waals surface area contributed by atoms with Gasteiger partial charge in [0.15, 0.2) is 23.9 Å². The Morgan fingerprint density at radius 3 is 2.61 bits per heavy atom. The molecule has 3 rings (SSSR count). The number of ether oxygens (including phenoxy) is 3. The number of nitrogens with zero attached hydrogens (tertiary/aromatic N) is 3. The number of rotatable bonds is 8. The molecule has 1 heterocycles. The van der Waals surface area contributed by atoms with E-state index in [2.05, 4.69) is 20.3 Å². The van der Waals surface area contributed by atoms with E-state index in [1.807, 2.05) is 31.2 Å². The van der Waals surface area contributed by atoms with Gasteiger partial charge in [-0.15, -0.1) is 0 Å². The number of esters is 1. The summed E-state index contributed by atoms with van der Waals surface area (Å²) in [5, 5.41) is 3.09. The summed E-state index contributed by atoms with van der Waals surface area (Å²) in [4.78, 5) is 24.5. The summed E-state index contributed by atoms with van der Waals surface area (Å²) in [5.74, 6) is 1.03. The minimum atomic E-state index is -0.572. The minimum Gasteiger partial charge on any atom is -0.493 e. The number of carbonyl (C=O) groups excluding carboxylic acids is 1. The van der Waals surface area contributed by atoms with Crippen molar-refractivity contribution in [3.05, 3.63) is 65.5 Å². The van der Waals surface area contributed by atoms with E-state index < -0.39 is 5.97 Å². The average Bonchev–Trinajstić information content (AvgIpc) is 2.77. The van der Waals surface area contributed by atoms with Gasteiger partial charge in [-0.05, 0) is 30.7 Å². The van der Waals surface area contributed by atoms with Crippen LogP contribution in [0.2, 0.25) is 0 Å². The van der Waals surface area contributed by atoms with Gasteiger partial charge in [0.05, 0.1) is 14.2 Å². The SMILES string of the molecule is COc1cccc(/C=C/C(=O)OCc2nc(N)nc(Nc3ccccc3C)n2)c1OC. The maximum absolute atomic E-state index is 12.2. The number of nitrogens with two attached hydrogens (primary N) is 1. The maximum Gasteiger partial charge on any atom is 0.331 e. The molecule has 31 heavy (non-hydrogen) atoms. The zero-order valence-electron chi connectivity index (χ0n) is 17.5. The third-order valence-corrected chi connectivity index (χ3v) is 4.27. The monoisotopic (exact) mass is 421 g/mol. The molecule has 3 N–H and O–H groups in total. The van der Waals surface area contributed by atoms with Crippen LogP contribution in [-0.2, 0) is 16.1 Å². The van der Waals surface area contributed by atoms with Crippen LogP contribution in [-0.4, -0.2) is 35.1 Å². The minimum absolute atomic E-state index is 0.0220. The Balaban J connectivity index is 1.66. The molecule has 1 aromatic heterocycles. The molecule has 0 aliphatic carbocycles. The summed E-state index contributed by atoms with van der Waals surface area (Å²) in [7, 11) is 3.07. The first kappa shape index (κ1) is 21.6. The molecule has 9 nitrogen and oxygen atoms in total. The first-order chi connectivity index (χ1) is 15.0. The van der Waals surface area contributed by atoms with E-state index in [4.69, 9.17) is 19.9 Å². The van der Waals surface area contributed by atoms with Crippen molar-refractivity contribution in [2.24, 2.45) is 0 Å². The number of hydrogen-bond donors (Lipinski definition) is 2. The largest absolute Gasteiger partial charge is 0.493 e. The highest BCUT2D eigenvalue weighted by atomic mass is 16.5. The second kappa shape index (κ2) is 10.1. The van der Waals surface area contributed by atoms with Gasteiger partial charge in [0.2, 0.25) is 11.9 Å². The molecule has 160 valence electrons. The smallest absolute Gasteiger partial charge is 0.331 e. The highest BCUT2D eigenvalue weighted by molar-refractivity contribution is 5.87. The quantitative estimate of drug-likeness (QED) is 0.417. The van der Waals surface area contributed by atoms with Gasteiger partial charge in [-0.25, -0.2) is 4.79 Å². The first-order valence-electron chi connectivity index (χ1n) is 9.39. The molecular weight excluding hydrogens is 398 g/mol. The molecule has 0 saturated heterocycles. The molecule has 0 saturated carbocycles. The van der Waals surface area contributed by atoms with Crippen LogP contribution >= 0.6 is 0 Å². The lowest BCUT2D eigenvalue weighted by Gasteiger charge is -2.10. The number of nitrogens with one attached hydrogen (secondary N) is 1. The van der Waals surface area contributed by atoms with Gasteiger partial charge in [-0.3, -0.25) is 0 Å². The zero-order valence-corrected chi connectivity index (χ0v) is 17.5. The van der Waals surface area contributed by atoms with E-state index in [0.29, 0.717) is 17.1 Å². The lowest BCUT2D eigenvalue weighted by molar-refractivity contribution is -0.139. The molecule has 0 aliphatic rings. The fraction of sp³-hybridized carbons (Fsp3) is 0.182. The normalized spacial score (nSPS) is 10.7. The van der Waals surface area contributed by atoms with E-state index in [1.54, 1.807) is 31.4 Å². The van der Waals surface area contributed by atoms with Gasteiger partial charge in [0, 0.05) is 17.3 Å². The number of para-hydroxylation sites is 2. The maximum atomic E-state index is 12.2. The van der Waals surface area contributed by atoms with Crippen LogP contribution in [0.25, 0.3) is 6.08 Å². The number of aryl methyl sites for hydroxylation is 1. The van der Waals surface area contributed by atoms with Crippen LogP contribution in [0.1, 0.15) is 17.0 Å². The van der Waals surface area contributed by atoms with E-state index in [1.165, 1.54) is 13.2 Å². The summed E-state index contributed by atoms with van der Waals surface area (Å²) >= 11 is 0. The molecule has 0 unspecified atom stereocenters. The molecule has 0 radical (unpaired) electrons. The van der Waals surface area contributed by atoms with Gasteiger partial charge in [0.25, 0.3) is 0 Å². The molecule has 3 aromatic rings. The van der Waals surface area contributed by atoms with Crippen LogP contribution in [0.5, 0.6) is 11.5 Å². The molecule has 0 bridgehead atoms. The Kier molecular flexibility index (Phi) is 7.00. The van der Waals surface area contributed by atoms with Crippen molar-refractivity contribution in [2.45, 2.75) is 13.5 Å². The molecular formula is C22H23N5O4. The van der Waals surface area contributed by atoms with E-state index in [0.717, 1.165) is 11.3 Å². The summed E-state index contributed by atoms with van der Waals surface area (Å²) < 4.78 is 15.8. The molecule has 0 atom stereocenters. The summed E-state index contributed by atoms with van der Waals surface area (Å²) in [5.41, 5.74) is 8.30. The Morgan fingerprint density at radius 2 is 1.87 bits per heavy atom. The van der Waals surface area contributed by atoms with Gasteiger partial charge in [-0.2, -0.15) is 15.0 Å². The average molecular weight is 421 g/mol. The third-order valence-electron chi connectivity index (χ3n) is 4.27. The van der Waals surface area contributed by atoms with E-state index in [9.17, 15) is 4.79 Å². The summed E-state index contributed by atoms with van der Waals surface area (Å²) in [6.07, 6.45) is 2.87. The number of anilines is 3. The zero-order chi connectivity index (χ0) is 22.2. The fourth-order valence-electron chi connectivity index (χ4n) is 2.78.